The van der Waals surface area contributed by atoms with E-state index in [-0.39, 0.29) is 5.82 Å². The number of rotatable bonds is 0. The van der Waals surface area contributed by atoms with Crippen molar-refractivity contribution in [3.8, 4) is 0 Å². The summed E-state index contributed by atoms with van der Waals surface area (Å²) in [7, 11) is 0. The number of fused-ring (bicyclic) bond motifs is 1. The Morgan fingerprint density at radius 1 is 1.33 bits per heavy atom. The summed E-state index contributed by atoms with van der Waals surface area (Å²) < 4.78 is 13.0. The summed E-state index contributed by atoms with van der Waals surface area (Å²) in [6, 6.07) is 4.82. The van der Waals surface area contributed by atoms with Gasteiger partial charge in [0.1, 0.15) is 11.6 Å². The minimum absolute atomic E-state index is 0.271. The third-order valence-corrected chi connectivity index (χ3v) is 1.69. The van der Waals surface area contributed by atoms with Gasteiger partial charge in [-0.25, -0.2) is 14.4 Å². The van der Waals surface area contributed by atoms with Gasteiger partial charge in [-0.3, -0.25) is 0 Å². The average Bonchev–Trinajstić information content (AvgIpc) is 2.04. The number of hydrogen-bond donors (Lipinski definition) is 0. The molecule has 0 bridgehead atoms. The molecule has 3 heteroatoms. The normalized spacial score (nSPS) is 10.5. The van der Waals surface area contributed by atoms with Crippen LogP contribution in [0.4, 0.5) is 4.39 Å². The van der Waals surface area contributed by atoms with Crippen LogP contribution in [0.3, 0.4) is 0 Å². The largest absolute Gasteiger partial charge is 0.241 e. The van der Waals surface area contributed by atoms with Crippen molar-refractivity contribution in [1.29, 1.82) is 0 Å². The van der Waals surface area contributed by atoms with Gasteiger partial charge in [-0.15, -0.1) is 0 Å². The van der Waals surface area contributed by atoms with E-state index in [4.69, 9.17) is 0 Å². The van der Waals surface area contributed by atoms with Crippen LogP contribution in [0.2, 0.25) is 0 Å². The van der Waals surface area contributed by atoms with E-state index in [1.165, 1.54) is 12.3 Å². The van der Waals surface area contributed by atoms with Crippen LogP contribution in [-0.4, -0.2) is 9.97 Å². The molecule has 0 N–H and O–H groups in total. The van der Waals surface area contributed by atoms with Crippen molar-refractivity contribution in [3.05, 3.63) is 36.0 Å². The van der Waals surface area contributed by atoms with E-state index in [1.54, 1.807) is 19.1 Å². The van der Waals surface area contributed by atoms with Crippen molar-refractivity contribution >= 4 is 10.9 Å². The van der Waals surface area contributed by atoms with Crippen molar-refractivity contribution in [2.45, 2.75) is 6.92 Å². The fourth-order valence-electron chi connectivity index (χ4n) is 1.11. The zero-order valence-corrected chi connectivity index (χ0v) is 6.58. The van der Waals surface area contributed by atoms with Crippen molar-refractivity contribution in [2.75, 3.05) is 0 Å². The molecule has 0 amide bonds. The van der Waals surface area contributed by atoms with E-state index in [9.17, 15) is 4.39 Å². The summed E-state index contributed by atoms with van der Waals surface area (Å²) >= 11 is 0. The summed E-state index contributed by atoms with van der Waals surface area (Å²) in [6.07, 6.45) is 1.51. The van der Waals surface area contributed by atoms with E-state index in [0.29, 0.717) is 16.7 Å². The zero-order chi connectivity index (χ0) is 8.55. The van der Waals surface area contributed by atoms with Crippen LogP contribution < -0.4 is 0 Å². The molecule has 1 aromatic carbocycles. The molecule has 2 rings (SSSR count). The maximum absolute atomic E-state index is 13.0. The van der Waals surface area contributed by atoms with E-state index in [2.05, 4.69) is 9.97 Å². The Morgan fingerprint density at radius 2 is 2.17 bits per heavy atom. The molecule has 0 spiro atoms. The van der Waals surface area contributed by atoms with Gasteiger partial charge in [-0.05, 0) is 19.1 Å². The van der Waals surface area contributed by atoms with Crippen LogP contribution in [0.25, 0.3) is 10.9 Å². The number of benzene rings is 1. The van der Waals surface area contributed by atoms with Gasteiger partial charge in [0.2, 0.25) is 0 Å². The van der Waals surface area contributed by atoms with Gasteiger partial charge < -0.3 is 0 Å². The minimum atomic E-state index is -0.271. The van der Waals surface area contributed by atoms with Crippen LogP contribution in [-0.2, 0) is 0 Å². The van der Waals surface area contributed by atoms with Gasteiger partial charge in [0.05, 0.1) is 10.9 Å². The average molecular weight is 162 g/mol. The highest BCUT2D eigenvalue weighted by Gasteiger charge is 2.00. The first kappa shape index (κ1) is 7.16. The molecule has 0 aliphatic rings. The quantitative estimate of drug-likeness (QED) is 0.592. The Balaban J connectivity index is 2.86. The fourth-order valence-corrected chi connectivity index (χ4v) is 1.11. The topological polar surface area (TPSA) is 25.8 Å². The maximum atomic E-state index is 13.0. The molecule has 2 aromatic rings. The lowest BCUT2D eigenvalue weighted by Gasteiger charge is -1.97. The van der Waals surface area contributed by atoms with Gasteiger partial charge >= 0.3 is 0 Å². The van der Waals surface area contributed by atoms with Crippen LogP contribution >= 0.6 is 0 Å². The molecule has 0 radical (unpaired) electrons. The molecule has 2 nitrogen and oxygen atoms in total. The van der Waals surface area contributed by atoms with Gasteiger partial charge in [-0.1, -0.05) is 6.07 Å². The van der Waals surface area contributed by atoms with Crippen LogP contribution in [0.5, 0.6) is 0 Å². The van der Waals surface area contributed by atoms with E-state index in [0.717, 1.165) is 0 Å². The highest BCUT2D eigenvalue weighted by molar-refractivity contribution is 5.77. The predicted octanol–water partition coefficient (Wildman–Crippen LogP) is 2.08. The standard InChI is InChI=1S/C9H7FN2/c1-6-11-5-7-8(10)3-2-4-9(7)12-6/h2-5H,1H3. The molecule has 0 unspecified atom stereocenters. The number of hydrogen-bond acceptors (Lipinski definition) is 2. The summed E-state index contributed by atoms with van der Waals surface area (Å²) in [5.74, 6) is 0.389. The van der Waals surface area contributed by atoms with Crippen molar-refractivity contribution in [3.63, 3.8) is 0 Å². The fraction of sp³-hybridized carbons (Fsp3) is 0.111. The zero-order valence-electron chi connectivity index (χ0n) is 6.58. The highest BCUT2D eigenvalue weighted by Crippen LogP contribution is 2.13. The lowest BCUT2D eigenvalue weighted by atomic mass is 10.2. The highest BCUT2D eigenvalue weighted by atomic mass is 19.1. The first-order valence-electron chi connectivity index (χ1n) is 3.65. The SMILES string of the molecule is Cc1ncc2c(F)cccc2n1. The lowest BCUT2D eigenvalue weighted by molar-refractivity contribution is 0.639. The van der Waals surface area contributed by atoms with E-state index in [1.807, 2.05) is 0 Å². The number of halogens is 1. The third-order valence-electron chi connectivity index (χ3n) is 1.69. The van der Waals surface area contributed by atoms with Gasteiger partial charge in [0.25, 0.3) is 0 Å². The minimum Gasteiger partial charge on any atom is -0.241 e. The molecular formula is C9H7FN2. The van der Waals surface area contributed by atoms with E-state index < -0.39 is 0 Å². The molecule has 0 saturated carbocycles. The van der Waals surface area contributed by atoms with E-state index >= 15 is 0 Å². The molecule has 0 fully saturated rings. The van der Waals surface area contributed by atoms with Crippen LogP contribution in [0.1, 0.15) is 5.82 Å². The molecule has 0 atom stereocenters. The Hall–Kier alpha value is -1.51. The van der Waals surface area contributed by atoms with Gasteiger partial charge in [-0.2, -0.15) is 0 Å². The van der Waals surface area contributed by atoms with Crippen molar-refractivity contribution in [1.82, 2.24) is 9.97 Å². The predicted molar refractivity (Wildman–Crippen MR) is 44.2 cm³/mol. The van der Waals surface area contributed by atoms with Crippen molar-refractivity contribution < 1.29 is 4.39 Å². The number of aromatic nitrogens is 2. The summed E-state index contributed by atoms with van der Waals surface area (Å²) in [4.78, 5) is 8.00. The maximum Gasteiger partial charge on any atom is 0.134 e. The van der Waals surface area contributed by atoms with Gasteiger partial charge in [0.15, 0.2) is 0 Å². The first-order chi connectivity index (χ1) is 5.77. The molecule has 0 aliphatic carbocycles. The molecule has 60 valence electrons. The Kier molecular flexibility index (Phi) is 1.50. The Labute approximate surface area is 69.1 Å². The second kappa shape index (κ2) is 2.52. The van der Waals surface area contributed by atoms with Gasteiger partial charge in [0, 0.05) is 6.20 Å². The summed E-state index contributed by atoms with van der Waals surface area (Å²) in [5.41, 5.74) is 0.655. The summed E-state index contributed by atoms with van der Waals surface area (Å²) in [6.45, 7) is 1.78. The summed E-state index contributed by atoms with van der Waals surface area (Å²) in [5, 5.41) is 0.475. The smallest absolute Gasteiger partial charge is 0.134 e. The Bertz CT molecular complexity index is 426. The second-order valence-corrected chi connectivity index (χ2v) is 2.59. The van der Waals surface area contributed by atoms with Crippen LogP contribution in [0, 0.1) is 12.7 Å². The molecule has 1 heterocycles. The Morgan fingerprint density at radius 3 is 3.00 bits per heavy atom. The van der Waals surface area contributed by atoms with Crippen LogP contribution in [0.15, 0.2) is 24.4 Å². The third kappa shape index (κ3) is 1.03. The number of aryl methyl sites for hydroxylation is 1. The molecule has 0 aliphatic heterocycles. The monoisotopic (exact) mass is 162 g/mol. The first-order valence-corrected chi connectivity index (χ1v) is 3.65. The molecular weight excluding hydrogens is 155 g/mol. The lowest BCUT2D eigenvalue weighted by Crippen LogP contribution is -1.89. The van der Waals surface area contributed by atoms with Crippen molar-refractivity contribution in [2.24, 2.45) is 0 Å². The molecule has 0 saturated heterocycles. The molecule has 12 heavy (non-hydrogen) atoms. The second-order valence-electron chi connectivity index (χ2n) is 2.59. The number of nitrogens with zero attached hydrogens (tertiary/aromatic N) is 2. The molecule has 1 aromatic heterocycles.